The molecule has 2 aliphatic rings. The van der Waals surface area contributed by atoms with Crippen LogP contribution in [0.2, 0.25) is 0 Å². The fourth-order valence-corrected chi connectivity index (χ4v) is 2.59. The van der Waals surface area contributed by atoms with Gasteiger partial charge in [0, 0.05) is 11.5 Å². The third kappa shape index (κ3) is 2.70. The first-order chi connectivity index (χ1) is 9.78. The van der Waals surface area contributed by atoms with Crippen molar-refractivity contribution < 1.29 is 4.74 Å². The molecule has 2 saturated carbocycles. The van der Waals surface area contributed by atoms with Gasteiger partial charge in [0.15, 0.2) is 0 Å². The van der Waals surface area contributed by atoms with Crippen LogP contribution in [0.5, 0.6) is 5.75 Å². The number of nitrogens with zero attached hydrogens (tertiary/aromatic N) is 2. The summed E-state index contributed by atoms with van der Waals surface area (Å²) < 4.78 is 6.63. The normalized spacial score (nSPS) is 18.1. The van der Waals surface area contributed by atoms with Crippen LogP contribution in [-0.2, 0) is 0 Å². The molecule has 20 heavy (non-hydrogen) atoms. The Morgan fingerprint density at radius 1 is 1.00 bits per heavy atom. The van der Waals surface area contributed by atoms with E-state index in [1.807, 2.05) is 18.2 Å². The summed E-state index contributed by atoms with van der Waals surface area (Å²) >= 11 is 3.49. The highest BCUT2D eigenvalue weighted by atomic mass is 79.9. The van der Waals surface area contributed by atoms with Crippen LogP contribution in [0, 0.1) is 0 Å². The fraction of sp³-hybridized carbons (Fsp3) is 0.375. The summed E-state index contributed by atoms with van der Waals surface area (Å²) in [5.41, 5.74) is 2.09. The molecule has 2 aromatic rings. The maximum Gasteiger partial charge on any atom is 0.133 e. The Labute approximate surface area is 126 Å². The smallest absolute Gasteiger partial charge is 0.133 e. The largest absolute Gasteiger partial charge is 0.490 e. The van der Waals surface area contributed by atoms with E-state index in [0.29, 0.717) is 12.0 Å². The fourth-order valence-electron chi connectivity index (χ4n) is 2.19. The van der Waals surface area contributed by atoms with Gasteiger partial charge in [0.05, 0.1) is 11.8 Å². The maximum absolute atomic E-state index is 5.77. The molecule has 0 spiro atoms. The van der Waals surface area contributed by atoms with Crippen molar-refractivity contribution in [3.63, 3.8) is 0 Å². The predicted octanol–water partition coefficient (Wildman–Crippen LogP) is 4.32. The van der Waals surface area contributed by atoms with Crippen LogP contribution in [0.25, 0.3) is 11.3 Å². The molecule has 3 nitrogen and oxygen atoms in total. The quantitative estimate of drug-likeness (QED) is 0.783. The molecule has 4 rings (SSSR count). The lowest BCUT2D eigenvalue weighted by atomic mass is 10.1. The number of hydrogen-bond donors (Lipinski definition) is 0. The van der Waals surface area contributed by atoms with Crippen molar-refractivity contribution in [1.29, 1.82) is 0 Å². The molecule has 0 saturated heterocycles. The van der Waals surface area contributed by atoms with E-state index >= 15 is 0 Å². The van der Waals surface area contributed by atoms with Gasteiger partial charge in [0.2, 0.25) is 0 Å². The number of aromatic nitrogens is 2. The minimum atomic E-state index is 0.440. The molecule has 1 aromatic heterocycles. The standard InChI is InChI=1S/C16H15BrN2O/c17-15-9-14(18-16(19-15)11-1-2-11)10-3-5-12(6-4-10)20-13-7-8-13/h3-6,9,11,13H,1-2,7-8H2. The molecule has 0 atom stereocenters. The summed E-state index contributed by atoms with van der Waals surface area (Å²) in [7, 11) is 0. The van der Waals surface area contributed by atoms with E-state index in [0.717, 1.165) is 27.4 Å². The van der Waals surface area contributed by atoms with E-state index in [1.165, 1.54) is 25.7 Å². The lowest BCUT2D eigenvalue weighted by molar-refractivity contribution is 0.303. The minimum absolute atomic E-state index is 0.440. The molecular formula is C16H15BrN2O. The van der Waals surface area contributed by atoms with Crippen molar-refractivity contribution >= 4 is 15.9 Å². The number of rotatable bonds is 4. The molecule has 4 heteroatoms. The number of ether oxygens (including phenoxy) is 1. The van der Waals surface area contributed by atoms with E-state index in [1.54, 1.807) is 0 Å². The van der Waals surface area contributed by atoms with Crippen molar-refractivity contribution in [2.45, 2.75) is 37.7 Å². The Morgan fingerprint density at radius 2 is 1.75 bits per heavy atom. The molecule has 0 aliphatic heterocycles. The predicted molar refractivity (Wildman–Crippen MR) is 80.8 cm³/mol. The Bertz CT molecular complexity index is 633. The van der Waals surface area contributed by atoms with E-state index in [2.05, 4.69) is 38.0 Å². The highest BCUT2D eigenvalue weighted by Crippen LogP contribution is 2.39. The van der Waals surface area contributed by atoms with Crippen LogP contribution in [0.4, 0.5) is 0 Å². The second-order valence-corrected chi connectivity index (χ2v) is 6.36. The second kappa shape index (κ2) is 4.85. The second-order valence-electron chi connectivity index (χ2n) is 5.55. The van der Waals surface area contributed by atoms with Crippen LogP contribution < -0.4 is 4.74 Å². The zero-order valence-corrected chi connectivity index (χ0v) is 12.6. The van der Waals surface area contributed by atoms with Gasteiger partial charge in [-0.1, -0.05) is 0 Å². The van der Waals surface area contributed by atoms with Crippen LogP contribution in [0.3, 0.4) is 0 Å². The summed E-state index contributed by atoms with van der Waals surface area (Å²) in [6, 6.07) is 10.2. The van der Waals surface area contributed by atoms with Gasteiger partial charge in [0.1, 0.15) is 16.2 Å². The van der Waals surface area contributed by atoms with Gasteiger partial charge >= 0.3 is 0 Å². The van der Waals surface area contributed by atoms with Gasteiger partial charge in [-0.25, -0.2) is 9.97 Å². The van der Waals surface area contributed by atoms with E-state index in [-0.39, 0.29) is 0 Å². The summed E-state index contributed by atoms with van der Waals surface area (Å²) in [5.74, 6) is 2.48. The van der Waals surface area contributed by atoms with Gasteiger partial charge in [-0.3, -0.25) is 0 Å². The molecule has 1 heterocycles. The van der Waals surface area contributed by atoms with Crippen LogP contribution in [0.15, 0.2) is 34.9 Å². The van der Waals surface area contributed by atoms with Gasteiger partial charge in [0.25, 0.3) is 0 Å². The lowest BCUT2D eigenvalue weighted by Crippen LogP contribution is -1.97. The minimum Gasteiger partial charge on any atom is -0.490 e. The van der Waals surface area contributed by atoms with Crippen LogP contribution in [0.1, 0.15) is 37.4 Å². The number of hydrogen-bond acceptors (Lipinski definition) is 3. The highest BCUT2D eigenvalue weighted by Gasteiger charge is 2.27. The average molecular weight is 331 g/mol. The molecule has 102 valence electrons. The molecule has 2 aliphatic carbocycles. The average Bonchev–Trinajstić information content (AvgIpc) is 3.33. The molecule has 0 N–H and O–H groups in total. The van der Waals surface area contributed by atoms with Crippen molar-refractivity contribution in [1.82, 2.24) is 9.97 Å². The summed E-state index contributed by atoms with van der Waals surface area (Å²) in [5, 5.41) is 0. The summed E-state index contributed by atoms with van der Waals surface area (Å²) in [6.07, 6.45) is 5.24. The Balaban J connectivity index is 1.62. The van der Waals surface area contributed by atoms with Crippen molar-refractivity contribution in [2.24, 2.45) is 0 Å². The van der Waals surface area contributed by atoms with Crippen molar-refractivity contribution in [2.75, 3.05) is 0 Å². The molecule has 0 amide bonds. The Kier molecular flexibility index (Phi) is 2.99. The SMILES string of the molecule is Brc1cc(-c2ccc(OC3CC3)cc2)nc(C2CC2)n1. The third-order valence-electron chi connectivity index (χ3n) is 3.63. The molecular weight excluding hydrogens is 316 g/mol. The van der Waals surface area contributed by atoms with E-state index in [9.17, 15) is 0 Å². The third-order valence-corrected chi connectivity index (χ3v) is 4.04. The zero-order valence-electron chi connectivity index (χ0n) is 11.1. The van der Waals surface area contributed by atoms with Gasteiger partial charge < -0.3 is 4.74 Å². The number of benzene rings is 1. The monoisotopic (exact) mass is 330 g/mol. The maximum atomic E-state index is 5.77. The van der Waals surface area contributed by atoms with Crippen LogP contribution in [-0.4, -0.2) is 16.1 Å². The number of halogens is 1. The molecule has 0 unspecified atom stereocenters. The highest BCUT2D eigenvalue weighted by molar-refractivity contribution is 9.10. The van der Waals surface area contributed by atoms with Crippen molar-refractivity contribution in [3.05, 3.63) is 40.8 Å². The molecule has 0 bridgehead atoms. The molecule has 0 radical (unpaired) electrons. The zero-order chi connectivity index (χ0) is 13.5. The molecule has 1 aromatic carbocycles. The van der Waals surface area contributed by atoms with Gasteiger partial charge in [-0.15, -0.1) is 0 Å². The molecule has 2 fully saturated rings. The van der Waals surface area contributed by atoms with E-state index < -0.39 is 0 Å². The Morgan fingerprint density at radius 3 is 2.40 bits per heavy atom. The first-order valence-electron chi connectivity index (χ1n) is 7.09. The Hall–Kier alpha value is -1.42. The summed E-state index contributed by atoms with van der Waals surface area (Å²) in [6.45, 7) is 0. The topological polar surface area (TPSA) is 35.0 Å². The lowest BCUT2D eigenvalue weighted by Gasteiger charge is -2.07. The first-order valence-corrected chi connectivity index (χ1v) is 7.89. The first kappa shape index (κ1) is 12.3. The van der Waals surface area contributed by atoms with Gasteiger partial charge in [-0.05, 0) is 71.9 Å². The van der Waals surface area contributed by atoms with E-state index in [4.69, 9.17) is 4.74 Å². The van der Waals surface area contributed by atoms with Crippen molar-refractivity contribution in [3.8, 4) is 17.0 Å². The van der Waals surface area contributed by atoms with Crippen LogP contribution >= 0.6 is 15.9 Å². The summed E-state index contributed by atoms with van der Waals surface area (Å²) in [4.78, 5) is 9.15. The van der Waals surface area contributed by atoms with Gasteiger partial charge in [-0.2, -0.15) is 0 Å².